The van der Waals surface area contributed by atoms with Crippen molar-refractivity contribution >= 4 is 36.9 Å². The molecule has 1 aliphatic heterocycles. The average Bonchev–Trinajstić information content (AvgIpc) is 2.81. The summed E-state index contributed by atoms with van der Waals surface area (Å²) in [4.78, 5) is 13.8. The smallest absolute Gasteiger partial charge is 0.326 e. The monoisotopic (exact) mass is 426 g/mol. The number of aliphatic carboxylic acids is 1. The molecule has 0 saturated carbocycles. The number of likely N-dealkylation sites (N-methyl/N-ethyl adjacent to an activating group) is 1. The van der Waals surface area contributed by atoms with E-state index in [0.29, 0.717) is 5.75 Å². The summed E-state index contributed by atoms with van der Waals surface area (Å²) < 4.78 is 5.77. The van der Waals surface area contributed by atoms with E-state index in [9.17, 15) is 9.90 Å². The van der Waals surface area contributed by atoms with Crippen LogP contribution in [-0.2, 0) is 10.2 Å². The Morgan fingerprint density at radius 2 is 2.11 bits per heavy atom. The summed E-state index contributed by atoms with van der Waals surface area (Å²) in [6, 6.07) is 7.32. The molecule has 28 heavy (non-hydrogen) atoms. The second kappa shape index (κ2) is 11.0. The summed E-state index contributed by atoms with van der Waals surface area (Å²) in [5.41, 5.74) is 1.37. The number of hydrogen-bond donors (Lipinski definition) is 2. The first kappa shape index (κ1) is 24.7. The largest absolute Gasteiger partial charge is 0.480 e. The van der Waals surface area contributed by atoms with E-state index in [0.717, 1.165) is 25.9 Å². The maximum Gasteiger partial charge on any atom is 0.326 e. The van der Waals surface area contributed by atoms with Crippen molar-refractivity contribution in [2.75, 3.05) is 20.1 Å². The number of thiocarbonyl (C=S) groups is 1. The van der Waals surface area contributed by atoms with E-state index in [4.69, 9.17) is 17.0 Å². The molecule has 1 saturated heterocycles. The van der Waals surface area contributed by atoms with Crippen LogP contribution < -0.4 is 10.1 Å². The normalized spacial score (nSPS) is 21.3. The Hall–Kier alpha value is -1.31. The number of carboxylic acid groups (broad SMARTS) is 1. The first-order chi connectivity index (χ1) is 12.8. The molecule has 158 valence electrons. The molecule has 0 bridgehead atoms. The number of nitrogens with zero attached hydrogens (tertiary/aromatic N) is 1. The van der Waals surface area contributed by atoms with Crippen LogP contribution in [0.1, 0.15) is 52.0 Å². The van der Waals surface area contributed by atoms with E-state index in [-0.39, 0.29) is 30.0 Å². The predicted octanol–water partition coefficient (Wildman–Crippen LogP) is 3.93. The van der Waals surface area contributed by atoms with Gasteiger partial charge >= 0.3 is 5.97 Å². The number of carbonyl (C=O) groups is 1. The molecule has 1 aromatic carbocycles. The Labute approximate surface area is 181 Å². The van der Waals surface area contributed by atoms with Crippen molar-refractivity contribution in [1.29, 1.82) is 0 Å². The lowest BCUT2D eigenvalue weighted by Crippen LogP contribution is -2.45. The van der Waals surface area contributed by atoms with Crippen LogP contribution in [0.2, 0.25) is 0 Å². The van der Waals surface area contributed by atoms with E-state index in [1.807, 2.05) is 26.0 Å². The van der Waals surface area contributed by atoms with Gasteiger partial charge in [0.15, 0.2) is 0 Å². The molecule has 0 aliphatic carbocycles. The van der Waals surface area contributed by atoms with Gasteiger partial charge in [-0.1, -0.05) is 39.3 Å². The number of hydrogen-bond acceptors (Lipinski definition) is 4. The zero-order valence-corrected chi connectivity index (χ0v) is 19.1. The van der Waals surface area contributed by atoms with E-state index < -0.39 is 12.0 Å². The first-order valence-corrected chi connectivity index (χ1v) is 10.2. The van der Waals surface area contributed by atoms with Crippen LogP contribution in [0.25, 0.3) is 0 Å². The van der Waals surface area contributed by atoms with Crippen LogP contribution in [0, 0.1) is 5.92 Å². The standard InChI is InChI=1S/C21H32N2O3S.H2S/c1-5-21(11-6-7-12-23(4)14-21)16-9-8-10-17(13-16)26-20(27)22-18(15(2)3)19(24)25;/h8-10,13,15,18H,5-7,11-12,14H2,1-4H3,(H,22,27)(H,24,25);1H2/t18-,21?;/m0./s1. The summed E-state index contributed by atoms with van der Waals surface area (Å²) in [5.74, 6) is -0.381. The molecular weight excluding hydrogens is 392 g/mol. The minimum Gasteiger partial charge on any atom is -0.480 e. The van der Waals surface area contributed by atoms with Crippen molar-refractivity contribution in [3.8, 4) is 5.75 Å². The van der Waals surface area contributed by atoms with E-state index in [1.165, 1.54) is 18.4 Å². The van der Waals surface area contributed by atoms with Crippen LogP contribution in [0.15, 0.2) is 24.3 Å². The number of ether oxygens (including phenoxy) is 1. The van der Waals surface area contributed by atoms with Gasteiger partial charge in [0.05, 0.1) is 0 Å². The topological polar surface area (TPSA) is 61.8 Å². The molecule has 7 heteroatoms. The number of nitrogens with one attached hydrogen (secondary N) is 1. The van der Waals surface area contributed by atoms with E-state index in [1.54, 1.807) is 0 Å². The minimum absolute atomic E-state index is 0. The van der Waals surface area contributed by atoms with Gasteiger partial charge in [0.1, 0.15) is 11.8 Å². The van der Waals surface area contributed by atoms with Crippen LogP contribution in [0.3, 0.4) is 0 Å². The Kier molecular flexibility index (Phi) is 9.74. The lowest BCUT2D eigenvalue weighted by molar-refractivity contribution is -0.140. The highest BCUT2D eigenvalue weighted by molar-refractivity contribution is 7.80. The Bertz CT molecular complexity index is 669. The summed E-state index contributed by atoms with van der Waals surface area (Å²) in [7, 11) is 2.19. The summed E-state index contributed by atoms with van der Waals surface area (Å²) in [5, 5.41) is 12.2. The highest BCUT2D eigenvalue weighted by Crippen LogP contribution is 2.37. The highest BCUT2D eigenvalue weighted by atomic mass is 32.1. The van der Waals surface area contributed by atoms with Gasteiger partial charge in [-0.15, -0.1) is 0 Å². The average molecular weight is 427 g/mol. The number of benzene rings is 1. The Balaban J connectivity index is 0.00000392. The zero-order chi connectivity index (χ0) is 20.0. The van der Waals surface area contributed by atoms with Crippen LogP contribution in [-0.4, -0.2) is 47.3 Å². The van der Waals surface area contributed by atoms with Crippen LogP contribution >= 0.6 is 25.7 Å². The third kappa shape index (κ3) is 6.36. The van der Waals surface area contributed by atoms with Crippen molar-refractivity contribution in [2.45, 2.75) is 57.9 Å². The summed E-state index contributed by atoms with van der Waals surface area (Å²) in [6.07, 6.45) is 4.68. The SMILES string of the molecule is CCC1(c2cccc(OC(=S)N[C@H](C(=O)O)C(C)C)c2)CCCCN(C)C1.S. The first-order valence-electron chi connectivity index (χ1n) is 9.77. The van der Waals surface area contributed by atoms with Crippen molar-refractivity contribution in [3.63, 3.8) is 0 Å². The molecule has 0 radical (unpaired) electrons. The fourth-order valence-electron chi connectivity index (χ4n) is 3.91. The molecule has 2 atom stereocenters. The van der Waals surface area contributed by atoms with E-state index >= 15 is 0 Å². The number of carboxylic acids is 1. The van der Waals surface area contributed by atoms with Crippen molar-refractivity contribution in [3.05, 3.63) is 29.8 Å². The van der Waals surface area contributed by atoms with Gasteiger partial charge < -0.3 is 20.1 Å². The molecular formula is C21H34N2O3S2. The molecule has 1 aromatic rings. The van der Waals surface area contributed by atoms with Gasteiger partial charge in [-0.2, -0.15) is 13.5 Å². The third-order valence-corrected chi connectivity index (χ3v) is 5.76. The zero-order valence-electron chi connectivity index (χ0n) is 17.3. The molecule has 5 nitrogen and oxygen atoms in total. The van der Waals surface area contributed by atoms with Crippen LogP contribution in [0.5, 0.6) is 5.75 Å². The van der Waals surface area contributed by atoms with Crippen LogP contribution in [0.4, 0.5) is 0 Å². The van der Waals surface area contributed by atoms with Gasteiger partial charge in [0, 0.05) is 12.0 Å². The second-order valence-electron chi connectivity index (χ2n) is 7.95. The Morgan fingerprint density at radius 3 is 2.71 bits per heavy atom. The molecule has 2 N–H and O–H groups in total. The molecule has 1 heterocycles. The van der Waals surface area contributed by atoms with Gasteiger partial charge in [-0.3, -0.25) is 0 Å². The quantitative estimate of drug-likeness (QED) is 0.672. The Morgan fingerprint density at radius 1 is 1.39 bits per heavy atom. The van der Waals surface area contributed by atoms with Gasteiger partial charge in [0.2, 0.25) is 0 Å². The van der Waals surface area contributed by atoms with Crippen molar-refractivity contribution in [1.82, 2.24) is 10.2 Å². The minimum atomic E-state index is -0.934. The molecule has 0 spiro atoms. The molecule has 1 aliphatic rings. The summed E-state index contributed by atoms with van der Waals surface area (Å²) in [6.45, 7) is 8.09. The van der Waals surface area contributed by atoms with Gasteiger partial charge in [0.25, 0.3) is 5.17 Å². The number of likely N-dealkylation sites (tertiary alicyclic amines) is 1. The fraction of sp³-hybridized carbons (Fsp3) is 0.619. The molecule has 1 unspecified atom stereocenters. The highest BCUT2D eigenvalue weighted by Gasteiger charge is 2.33. The second-order valence-corrected chi connectivity index (χ2v) is 8.32. The van der Waals surface area contributed by atoms with Crippen molar-refractivity contribution < 1.29 is 14.6 Å². The number of rotatable bonds is 6. The molecule has 1 fully saturated rings. The lowest BCUT2D eigenvalue weighted by atomic mass is 9.74. The van der Waals surface area contributed by atoms with Gasteiger partial charge in [-0.25, -0.2) is 4.79 Å². The maximum absolute atomic E-state index is 11.4. The fourth-order valence-corrected chi connectivity index (χ4v) is 4.14. The summed E-state index contributed by atoms with van der Waals surface area (Å²) >= 11 is 5.24. The molecule has 2 rings (SSSR count). The van der Waals surface area contributed by atoms with Gasteiger partial charge in [-0.05, 0) is 68.7 Å². The molecule has 0 amide bonds. The lowest BCUT2D eigenvalue weighted by Gasteiger charge is -2.35. The third-order valence-electron chi connectivity index (χ3n) is 5.56. The maximum atomic E-state index is 11.4. The van der Waals surface area contributed by atoms with Crippen molar-refractivity contribution in [2.24, 2.45) is 5.92 Å². The molecule has 0 aromatic heterocycles. The van der Waals surface area contributed by atoms with E-state index in [2.05, 4.69) is 36.3 Å². The predicted molar refractivity (Wildman–Crippen MR) is 123 cm³/mol.